The van der Waals surface area contributed by atoms with Gasteiger partial charge in [0.2, 0.25) is 5.60 Å². The molecule has 1 unspecified atom stereocenters. The Morgan fingerprint density at radius 2 is 1.86 bits per heavy atom. The summed E-state index contributed by atoms with van der Waals surface area (Å²) in [6.45, 7) is 8.98. The monoisotopic (exact) mass is 199 g/mol. The molecule has 14 heavy (non-hydrogen) atoms. The molecule has 0 fully saturated rings. The predicted molar refractivity (Wildman–Crippen MR) is 51.6 cm³/mol. The largest absolute Gasteiger partial charge is 0.509 e. The fourth-order valence-corrected chi connectivity index (χ4v) is 0.658. The smallest absolute Gasteiger partial charge is 0.435 e. The Bertz CT molecular complexity index is 249. The Hall–Kier alpha value is -1.24. The minimum Gasteiger partial charge on any atom is -0.435 e. The molecule has 80 valence electrons. The number of rotatable bonds is 2. The number of carbonyl (C=O) groups excluding carboxylic acids is 1. The van der Waals surface area contributed by atoms with Crippen LogP contribution in [-0.4, -0.2) is 18.4 Å². The van der Waals surface area contributed by atoms with E-state index in [1.165, 1.54) is 0 Å². The quantitative estimate of drug-likeness (QED) is 0.641. The molecule has 0 aromatic rings. The molecule has 0 bridgehead atoms. The van der Waals surface area contributed by atoms with Gasteiger partial charge in [-0.3, -0.25) is 0 Å². The Morgan fingerprint density at radius 1 is 1.36 bits per heavy atom. The van der Waals surface area contributed by atoms with Crippen molar-refractivity contribution in [3.8, 4) is 6.07 Å². The van der Waals surface area contributed by atoms with Crippen molar-refractivity contribution in [1.29, 1.82) is 5.26 Å². The summed E-state index contributed by atoms with van der Waals surface area (Å²) in [6.07, 6.45) is -0.800. The SMILES string of the molecule is CCOC(=O)OC(C)(C#N)C(C)(C)C. The number of hydrogen-bond acceptors (Lipinski definition) is 4. The Kier molecular flexibility index (Phi) is 3.93. The molecule has 0 aliphatic carbocycles. The van der Waals surface area contributed by atoms with Crippen LogP contribution in [0.25, 0.3) is 0 Å². The van der Waals surface area contributed by atoms with Crippen LogP contribution in [0, 0.1) is 16.7 Å². The molecule has 0 saturated carbocycles. The lowest BCUT2D eigenvalue weighted by atomic mass is 9.79. The van der Waals surface area contributed by atoms with Crippen molar-refractivity contribution in [3.63, 3.8) is 0 Å². The van der Waals surface area contributed by atoms with Crippen molar-refractivity contribution >= 4 is 6.16 Å². The van der Waals surface area contributed by atoms with Crippen LogP contribution in [0.15, 0.2) is 0 Å². The lowest BCUT2D eigenvalue weighted by Gasteiger charge is -2.34. The molecule has 0 radical (unpaired) electrons. The number of hydrogen-bond donors (Lipinski definition) is 0. The van der Waals surface area contributed by atoms with E-state index in [1.54, 1.807) is 13.8 Å². The average Bonchev–Trinajstić information content (AvgIpc) is 2.02. The Balaban J connectivity index is 4.60. The van der Waals surface area contributed by atoms with E-state index in [-0.39, 0.29) is 6.61 Å². The number of ether oxygens (including phenoxy) is 2. The lowest BCUT2D eigenvalue weighted by molar-refractivity contribution is -0.0475. The summed E-state index contributed by atoms with van der Waals surface area (Å²) in [6, 6.07) is 1.98. The summed E-state index contributed by atoms with van der Waals surface area (Å²) in [7, 11) is 0. The normalized spacial score (nSPS) is 15.1. The number of carbonyl (C=O) groups is 1. The van der Waals surface area contributed by atoms with Crippen LogP contribution in [0.3, 0.4) is 0 Å². The van der Waals surface area contributed by atoms with Gasteiger partial charge in [-0.1, -0.05) is 20.8 Å². The summed E-state index contributed by atoms with van der Waals surface area (Å²) >= 11 is 0. The number of nitriles is 1. The van der Waals surface area contributed by atoms with Crippen molar-refractivity contribution in [2.45, 2.75) is 40.2 Å². The van der Waals surface area contributed by atoms with E-state index in [9.17, 15) is 4.79 Å². The van der Waals surface area contributed by atoms with E-state index in [1.807, 2.05) is 26.8 Å². The average molecular weight is 199 g/mol. The van der Waals surface area contributed by atoms with Gasteiger partial charge in [-0.2, -0.15) is 5.26 Å². The topological polar surface area (TPSA) is 59.3 Å². The second kappa shape index (κ2) is 4.32. The van der Waals surface area contributed by atoms with Crippen LogP contribution in [0.4, 0.5) is 4.79 Å². The highest BCUT2D eigenvalue weighted by molar-refractivity contribution is 5.61. The number of nitrogens with zero attached hydrogens (tertiary/aromatic N) is 1. The van der Waals surface area contributed by atoms with E-state index in [4.69, 9.17) is 10.00 Å². The van der Waals surface area contributed by atoms with E-state index < -0.39 is 17.2 Å². The minimum atomic E-state index is -1.17. The van der Waals surface area contributed by atoms with E-state index >= 15 is 0 Å². The maximum atomic E-state index is 11.1. The Labute approximate surface area is 84.8 Å². The van der Waals surface area contributed by atoms with Crippen LogP contribution in [0.5, 0.6) is 0 Å². The van der Waals surface area contributed by atoms with Crippen LogP contribution < -0.4 is 0 Å². The van der Waals surface area contributed by atoms with Crippen LogP contribution in [-0.2, 0) is 9.47 Å². The summed E-state index contributed by atoms with van der Waals surface area (Å²) < 4.78 is 9.59. The van der Waals surface area contributed by atoms with E-state index in [0.29, 0.717) is 0 Å². The molecule has 0 aliphatic heterocycles. The molecular weight excluding hydrogens is 182 g/mol. The summed E-state index contributed by atoms with van der Waals surface area (Å²) in [5, 5.41) is 8.96. The standard InChI is InChI=1S/C10H17NO3/c1-6-13-8(12)14-10(5,7-11)9(2,3)4/h6H2,1-5H3. The first kappa shape index (κ1) is 12.8. The van der Waals surface area contributed by atoms with Gasteiger partial charge in [0.05, 0.1) is 6.61 Å². The van der Waals surface area contributed by atoms with E-state index in [0.717, 1.165) is 0 Å². The zero-order valence-corrected chi connectivity index (χ0v) is 9.38. The first-order valence-corrected chi connectivity index (χ1v) is 4.54. The van der Waals surface area contributed by atoms with Crippen molar-refractivity contribution in [1.82, 2.24) is 0 Å². The molecule has 0 aromatic carbocycles. The second-order valence-corrected chi connectivity index (χ2v) is 4.18. The minimum absolute atomic E-state index is 0.241. The van der Waals surface area contributed by atoms with Crippen LogP contribution >= 0.6 is 0 Å². The van der Waals surface area contributed by atoms with Crippen LogP contribution in [0.2, 0.25) is 0 Å². The molecular formula is C10H17NO3. The third kappa shape index (κ3) is 2.91. The zero-order chi connectivity index (χ0) is 11.4. The maximum absolute atomic E-state index is 11.1. The Morgan fingerprint density at radius 3 is 2.14 bits per heavy atom. The van der Waals surface area contributed by atoms with Gasteiger partial charge in [-0.25, -0.2) is 4.79 Å². The van der Waals surface area contributed by atoms with Gasteiger partial charge in [0.1, 0.15) is 6.07 Å². The van der Waals surface area contributed by atoms with Crippen LogP contribution in [0.1, 0.15) is 34.6 Å². The van der Waals surface area contributed by atoms with Gasteiger partial charge in [-0.15, -0.1) is 0 Å². The highest BCUT2D eigenvalue weighted by Gasteiger charge is 2.42. The van der Waals surface area contributed by atoms with Gasteiger partial charge in [-0.05, 0) is 13.8 Å². The fraction of sp³-hybridized carbons (Fsp3) is 0.800. The van der Waals surface area contributed by atoms with Crippen molar-refractivity contribution in [2.75, 3.05) is 6.61 Å². The molecule has 0 heterocycles. The maximum Gasteiger partial charge on any atom is 0.509 e. The van der Waals surface area contributed by atoms with Gasteiger partial charge in [0, 0.05) is 5.41 Å². The first-order chi connectivity index (χ1) is 6.27. The molecule has 4 heteroatoms. The van der Waals surface area contributed by atoms with Crippen molar-refractivity contribution in [2.24, 2.45) is 5.41 Å². The molecule has 0 rings (SSSR count). The van der Waals surface area contributed by atoms with Gasteiger partial charge >= 0.3 is 6.16 Å². The van der Waals surface area contributed by atoms with Gasteiger partial charge < -0.3 is 9.47 Å². The van der Waals surface area contributed by atoms with Crippen molar-refractivity contribution in [3.05, 3.63) is 0 Å². The summed E-state index contributed by atoms with van der Waals surface area (Å²) in [5.41, 5.74) is -1.62. The second-order valence-electron chi connectivity index (χ2n) is 4.18. The molecule has 0 N–H and O–H groups in total. The first-order valence-electron chi connectivity index (χ1n) is 4.54. The molecule has 0 aliphatic rings. The molecule has 0 aromatic heterocycles. The summed E-state index contributed by atoms with van der Waals surface area (Å²) in [5.74, 6) is 0. The lowest BCUT2D eigenvalue weighted by Crippen LogP contribution is -2.43. The fourth-order valence-electron chi connectivity index (χ4n) is 0.658. The highest BCUT2D eigenvalue weighted by atomic mass is 16.7. The highest BCUT2D eigenvalue weighted by Crippen LogP contribution is 2.33. The molecule has 4 nitrogen and oxygen atoms in total. The third-order valence-corrected chi connectivity index (χ3v) is 2.19. The zero-order valence-electron chi connectivity index (χ0n) is 9.38. The van der Waals surface area contributed by atoms with Gasteiger partial charge in [0.25, 0.3) is 0 Å². The molecule has 0 saturated heterocycles. The van der Waals surface area contributed by atoms with Gasteiger partial charge in [0.15, 0.2) is 0 Å². The predicted octanol–water partition coefficient (Wildman–Crippen LogP) is 2.49. The molecule has 0 amide bonds. The summed E-state index contributed by atoms with van der Waals surface area (Å²) in [4.78, 5) is 11.1. The van der Waals surface area contributed by atoms with Crippen molar-refractivity contribution < 1.29 is 14.3 Å². The molecule has 1 atom stereocenters. The van der Waals surface area contributed by atoms with E-state index in [2.05, 4.69) is 4.74 Å². The molecule has 0 spiro atoms. The third-order valence-electron chi connectivity index (χ3n) is 2.19.